The third-order valence-electron chi connectivity index (χ3n) is 4.09. The first-order valence-corrected chi connectivity index (χ1v) is 7.66. The number of hydrogen-bond acceptors (Lipinski definition) is 4. The van der Waals surface area contributed by atoms with Crippen molar-refractivity contribution in [2.24, 2.45) is 23.5 Å². The Balaban J connectivity index is 2.39. The molecule has 1 atom stereocenters. The first-order chi connectivity index (χ1) is 9.49. The number of nitrogens with one attached hydrogen (secondary N) is 1. The fraction of sp³-hybridized carbons (Fsp3) is 0.867. The van der Waals surface area contributed by atoms with Gasteiger partial charge in [0.2, 0.25) is 5.91 Å². The molecule has 0 aromatic carbocycles. The molecule has 0 radical (unpaired) electrons. The van der Waals surface area contributed by atoms with Gasteiger partial charge in [0.1, 0.15) is 0 Å². The summed E-state index contributed by atoms with van der Waals surface area (Å²) < 4.78 is 5.04. The number of carbonyl (C=O) groups excluding carboxylic acids is 2. The van der Waals surface area contributed by atoms with Crippen molar-refractivity contribution >= 4 is 11.9 Å². The molecule has 116 valence electrons. The minimum Gasteiger partial charge on any atom is -0.466 e. The van der Waals surface area contributed by atoms with Crippen molar-refractivity contribution in [3.8, 4) is 0 Å². The van der Waals surface area contributed by atoms with Gasteiger partial charge in [0.15, 0.2) is 0 Å². The lowest BCUT2D eigenvalue weighted by molar-refractivity contribution is -0.149. The normalized spacial score (nSPS) is 24.2. The topological polar surface area (TPSA) is 81.4 Å². The Morgan fingerprint density at radius 3 is 2.30 bits per heavy atom. The van der Waals surface area contributed by atoms with Gasteiger partial charge in [0.05, 0.1) is 18.4 Å². The average molecular weight is 284 g/mol. The highest BCUT2D eigenvalue weighted by molar-refractivity contribution is 5.79. The fourth-order valence-electron chi connectivity index (χ4n) is 2.72. The molecule has 5 nitrogen and oxygen atoms in total. The van der Waals surface area contributed by atoms with Gasteiger partial charge in [-0.25, -0.2) is 0 Å². The van der Waals surface area contributed by atoms with Crippen LogP contribution in [0, 0.1) is 17.8 Å². The first-order valence-electron chi connectivity index (χ1n) is 7.66. The third-order valence-corrected chi connectivity index (χ3v) is 4.09. The van der Waals surface area contributed by atoms with E-state index in [1.807, 2.05) is 20.8 Å². The zero-order valence-electron chi connectivity index (χ0n) is 12.9. The zero-order valence-corrected chi connectivity index (χ0v) is 12.9. The van der Waals surface area contributed by atoms with Crippen LogP contribution < -0.4 is 11.1 Å². The number of ether oxygens (including phenoxy) is 1. The van der Waals surface area contributed by atoms with E-state index < -0.39 is 0 Å². The molecule has 1 saturated carbocycles. The standard InChI is InChI=1S/C15H28N2O3/c1-4-20-15(19)11-5-7-12(8-6-11)17-14(18)13(9-16)10(2)3/h10-13H,4-9,16H2,1-3H3,(H,17,18). The second-order valence-electron chi connectivity index (χ2n) is 5.90. The van der Waals surface area contributed by atoms with Crippen LogP contribution in [-0.4, -0.2) is 31.1 Å². The number of rotatable bonds is 6. The Hall–Kier alpha value is -1.10. The van der Waals surface area contributed by atoms with Crippen LogP contribution in [0.5, 0.6) is 0 Å². The summed E-state index contributed by atoms with van der Waals surface area (Å²) in [4.78, 5) is 23.8. The number of amides is 1. The summed E-state index contributed by atoms with van der Waals surface area (Å²) in [6, 6.07) is 0.168. The number of carbonyl (C=O) groups is 2. The molecule has 0 aromatic rings. The van der Waals surface area contributed by atoms with Crippen molar-refractivity contribution < 1.29 is 14.3 Å². The summed E-state index contributed by atoms with van der Waals surface area (Å²) in [5.41, 5.74) is 5.65. The first kappa shape index (κ1) is 17.0. The number of nitrogens with two attached hydrogens (primary N) is 1. The van der Waals surface area contributed by atoms with Gasteiger partial charge in [-0.05, 0) is 38.5 Å². The van der Waals surface area contributed by atoms with Gasteiger partial charge in [-0.3, -0.25) is 9.59 Å². The summed E-state index contributed by atoms with van der Waals surface area (Å²) in [6.45, 7) is 6.65. The number of esters is 1. The van der Waals surface area contributed by atoms with Crippen molar-refractivity contribution in [3.05, 3.63) is 0 Å². The van der Waals surface area contributed by atoms with Gasteiger partial charge in [-0.1, -0.05) is 13.8 Å². The van der Waals surface area contributed by atoms with E-state index in [1.54, 1.807) is 0 Å². The van der Waals surface area contributed by atoms with Crippen molar-refractivity contribution in [3.63, 3.8) is 0 Å². The predicted molar refractivity (Wildman–Crippen MR) is 77.9 cm³/mol. The second kappa shape index (κ2) is 8.25. The van der Waals surface area contributed by atoms with Gasteiger partial charge < -0.3 is 15.8 Å². The summed E-state index contributed by atoms with van der Waals surface area (Å²) in [5, 5.41) is 3.07. The van der Waals surface area contributed by atoms with Gasteiger partial charge >= 0.3 is 5.97 Å². The van der Waals surface area contributed by atoms with Crippen LogP contribution in [-0.2, 0) is 14.3 Å². The maximum atomic E-state index is 12.1. The summed E-state index contributed by atoms with van der Waals surface area (Å²) in [7, 11) is 0. The molecule has 1 aliphatic carbocycles. The highest BCUT2D eigenvalue weighted by Gasteiger charge is 2.29. The van der Waals surface area contributed by atoms with Crippen LogP contribution in [0.1, 0.15) is 46.5 Å². The SMILES string of the molecule is CCOC(=O)C1CCC(NC(=O)C(CN)C(C)C)CC1. The molecule has 0 aliphatic heterocycles. The molecule has 1 fully saturated rings. The molecule has 20 heavy (non-hydrogen) atoms. The van der Waals surface area contributed by atoms with E-state index >= 15 is 0 Å². The van der Waals surface area contributed by atoms with Gasteiger partial charge in [-0.15, -0.1) is 0 Å². The van der Waals surface area contributed by atoms with Crippen LogP contribution >= 0.6 is 0 Å². The lowest BCUT2D eigenvalue weighted by Crippen LogP contribution is -2.45. The Kier molecular flexibility index (Phi) is 6.99. The van der Waals surface area contributed by atoms with E-state index in [0.717, 1.165) is 25.7 Å². The van der Waals surface area contributed by atoms with Gasteiger partial charge in [-0.2, -0.15) is 0 Å². The van der Waals surface area contributed by atoms with E-state index in [2.05, 4.69) is 5.32 Å². The van der Waals surface area contributed by atoms with Crippen molar-refractivity contribution in [2.45, 2.75) is 52.5 Å². The van der Waals surface area contributed by atoms with E-state index in [1.165, 1.54) is 0 Å². The molecule has 0 bridgehead atoms. The minimum absolute atomic E-state index is 0.00138. The molecular weight excluding hydrogens is 256 g/mol. The molecule has 1 amide bonds. The molecular formula is C15H28N2O3. The highest BCUT2D eigenvalue weighted by Crippen LogP contribution is 2.25. The summed E-state index contributed by atoms with van der Waals surface area (Å²) in [5.74, 6) is 0.0635. The quantitative estimate of drug-likeness (QED) is 0.723. The van der Waals surface area contributed by atoms with Crippen molar-refractivity contribution in [1.82, 2.24) is 5.32 Å². The molecule has 5 heteroatoms. The molecule has 1 rings (SSSR count). The molecule has 1 unspecified atom stereocenters. The van der Waals surface area contributed by atoms with E-state index in [4.69, 9.17) is 10.5 Å². The third kappa shape index (κ3) is 4.78. The van der Waals surface area contributed by atoms with Crippen LogP contribution in [0.3, 0.4) is 0 Å². The predicted octanol–water partition coefficient (Wildman–Crippen LogP) is 1.46. The van der Waals surface area contributed by atoms with Crippen molar-refractivity contribution in [2.75, 3.05) is 13.2 Å². The second-order valence-corrected chi connectivity index (χ2v) is 5.90. The fourth-order valence-corrected chi connectivity index (χ4v) is 2.72. The highest BCUT2D eigenvalue weighted by atomic mass is 16.5. The minimum atomic E-state index is -0.127. The van der Waals surface area contributed by atoms with Crippen LogP contribution in [0.2, 0.25) is 0 Å². The average Bonchev–Trinajstić information content (AvgIpc) is 2.40. The molecule has 0 spiro atoms. The van der Waals surface area contributed by atoms with E-state index in [9.17, 15) is 9.59 Å². The lowest BCUT2D eigenvalue weighted by atomic mass is 9.85. The van der Waals surface area contributed by atoms with Gasteiger partial charge in [0.25, 0.3) is 0 Å². The number of hydrogen-bond donors (Lipinski definition) is 2. The Bertz CT molecular complexity index is 323. The van der Waals surface area contributed by atoms with Crippen molar-refractivity contribution in [1.29, 1.82) is 0 Å². The molecule has 0 aromatic heterocycles. The molecule has 0 heterocycles. The Morgan fingerprint density at radius 1 is 1.25 bits per heavy atom. The lowest BCUT2D eigenvalue weighted by Gasteiger charge is -2.29. The maximum Gasteiger partial charge on any atom is 0.308 e. The van der Waals surface area contributed by atoms with Crippen LogP contribution in [0.4, 0.5) is 0 Å². The summed E-state index contributed by atoms with van der Waals surface area (Å²) >= 11 is 0. The maximum absolute atomic E-state index is 12.1. The smallest absolute Gasteiger partial charge is 0.308 e. The molecule has 3 N–H and O–H groups in total. The largest absolute Gasteiger partial charge is 0.466 e. The molecule has 0 saturated heterocycles. The molecule has 1 aliphatic rings. The zero-order chi connectivity index (χ0) is 15.1. The van der Waals surface area contributed by atoms with E-state index in [0.29, 0.717) is 13.2 Å². The Morgan fingerprint density at radius 2 is 1.85 bits per heavy atom. The van der Waals surface area contributed by atoms with Crippen LogP contribution in [0.25, 0.3) is 0 Å². The monoisotopic (exact) mass is 284 g/mol. The summed E-state index contributed by atoms with van der Waals surface area (Å²) in [6.07, 6.45) is 3.26. The van der Waals surface area contributed by atoms with Gasteiger partial charge in [0, 0.05) is 12.6 Å². The van der Waals surface area contributed by atoms with E-state index in [-0.39, 0.29) is 35.7 Å². The Labute approximate surface area is 121 Å². The van der Waals surface area contributed by atoms with Crippen LogP contribution in [0.15, 0.2) is 0 Å².